The Labute approximate surface area is 130 Å². The van der Waals surface area contributed by atoms with Crippen molar-refractivity contribution in [3.63, 3.8) is 0 Å². The van der Waals surface area contributed by atoms with Crippen LogP contribution in [0.5, 0.6) is 0 Å². The molecule has 1 aromatic rings. The highest BCUT2D eigenvalue weighted by molar-refractivity contribution is 5.94. The molecular weight excluding hydrogens is 282 g/mol. The van der Waals surface area contributed by atoms with Gasteiger partial charge in [-0.05, 0) is 25.5 Å². The zero-order valence-electron chi connectivity index (χ0n) is 12.8. The number of nitrogens with one attached hydrogen (secondary N) is 3. The fourth-order valence-electron chi connectivity index (χ4n) is 1.58. The molecule has 0 fully saturated rings. The van der Waals surface area contributed by atoms with Crippen molar-refractivity contribution in [1.82, 2.24) is 16.0 Å². The summed E-state index contributed by atoms with van der Waals surface area (Å²) >= 11 is 0. The second-order valence-electron chi connectivity index (χ2n) is 4.96. The molecule has 0 aliphatic carbocycles. The highest BCUT2D eigenvalue weighted by atomic mass is 16.2. The molecule has 22 heavy (non-hydrogen) atoms. The predicted octanol–water partition coefficient (Wildman–Crippen LogP) is 0.457. The van der Waals surface area contributed by atoms with Crippen LogP contribution >= 0.6 is 0 Å². The second-order valence-corrected chi connectivity index (χ2v) is 4.96. The maximum absolute atomic E-state index is 11.5. The van der Waals surface area contributed by atoms with Gasteiger partial charge < -0.3 is 16.0 Å². The zero-order chi connectivity index (χ0) is 16.4. The van der Waals surface area contributed by atoms with Gasteiger partial charge in [-0.1, -0.05) is 30.3 Å². The van der Waals surface area contributed by atoms with E-state index in [4.69, 9.17) is 0 Å². The first kappa shape index (κ1) is 17.4. The molecule has 1 aromatic carbocycles. The molecular formula is C16H21N3O3. The monoisotopic (exact) mass is 303 g/mol. The number of hydrogen-bond acceptors (Lipinski definition) is 3. The van der Waals surface area contributed by atoms with Gasteiger partial charge in [-0.2, -0.15) is 0 Å². The molecule has 0 bridgehead atoms. The summed E-state index contributed by atoms with van der Waals surface area (Å²) < 4.78 is 0. The predicted molar refractivity (Wildman–Crippen MR) is 84.8 cm³/mol. The van der Waals surface area contributed by atoms with E-state index in [1.165, 1.54) is 6.08 Å². The van der Waals surface area contributed by atoms with Crippen molar-refractivity contribution in [1.29, 1.82) is 0 Å². The topological polar surface area (TPSA) is 87.3 Å². The van der Waals surface area contributed by atoms with Crippen LogP contribution < -0.4 is 16.0 Å². The lowest BCUT2D eigenvalue weighted by molar-refractivity contribution is -0.126. The summed E-state index contributed by atoms with van der Waals surface area (Å²) in [5.74, 6) is -1.05. The Kier molecular flexibility index (Phi) is 7.39. The molecule has 3 N–H and O–H groups in total. The highest BCUT2D eigenvalue weighted by Crippen LogP contribution is 2.00. The molecule has 0 saturated heterocycles. The number of hydrogen-bond donors (Lipinski definition) is 3. The van der Waals surface area contributed by atoms with Gasteiger partial charge in [0.2, 0.25) is 17.7 Å². The van der Waals surface area contributed by atoms with Gasteiger partial charge in [0, 0.05) is 12.1 Å². The average Bonchev–Trinajstić information content (AvgIpc) is 2.49. The van der Waals surface area contributed by atoms with E-state index in [1.54, 1.807) is 6.08 Å². The van der Waals surface area contributed by atoms with Crippen LogP contribution in [0.1, 0.15) is 19.4 Å². The standard InChI is InChI=1S/C16H21N3O3/c1-12(2)19-16(22)11-18-15(21)10-17-14(20)9-8-13-6-4-3-5-7-13/h3-9,12H,10-11H2,1-2H3,(H,17,20)(H,18,21)(H,19,22)/b9-8+. The third kappa shape index (κ3) is 7.84. The van der Waals surface area contributed by atoms with Crippen LogP contribution in [0.2, 0.25) is 0 Å². The minimum Gasteiger partial charge on any atom is -0.352 e. The number of amides is 3. The quantitative estimate of drug-likeness (QED) is 0.639. The van der Waals surface area contributed by atoms with Crippen LogP contribution in [0.25, 0.3) is 6.08 Å². The molecule has 1 rings (SSSR count). The van der Waals surface area contributed by atoms with Crippen LogP contribution in [-0.2, 0) is 14.4 Å². The van der Waals surface area contributed by atoms with E-state index in [2.05, 4.69) is 16.0 Å². The number of benzene rings is 1. The Balaban J connectivity index is 2.25. The number of carbonyl (C=O) groups is 3. The van der Waals surface area contributed by atoms with Crippen molar-refractivity contribution in [2.75, 3.05) is 13.1 Å². The van der Waals surface area contributed by atoms with Crippen LogP contribution in [-0.4, -0.2) is 36.9 Å². The minimum absolute atomic E-state index is 0.0206. The van der Waals surface area contributed by atoms with Crippen molar-refractivity contribution >= 4 is 23.8 Å². The Morgan fingerprint density at radius 3 is 2.27 bits per heavy atom. The lowest BCUT2D eigenvalue weighted by atomic mass is 10.2. The van der Waals surface area contributed by atoms with E-state index in [9.17, 15) is 14.4 Å². The third-order valence-electron chi connectivity index (χ3n) is 2.55. The first-order valence-electron chi connectivity index (χ1n) is 7.04. The molecule has 0 heterocycles. The minimum atomic E-state index is -0.416. The molecule has 0 aliphatic rings. The Morgan fingerprint density at radius 1 is 1.00 bits per heavy atom. The summed E-state index contributed by atoms with van der Waals surface area (Å²) in [6.07, 6.45) is 3.01. The molecule has 0 spiro atoms. The van der Waals surface area contributed by atoms with Gasteiger partial charge in [-0.3, -0.25) is 14.4 Å². The summed E-state index contributed by atoms with van der Waals surface area (Å²) in [4.78, 5) is 34.4. The van der Waals surface area contributed by atoms with Gasteiger partial charge in [-0.25, -0.2) is 0 Å². The zero-order valence-corrected chi connectivity index (χ0v) is 12.8. The van der Waals surface area contributed by atoms with Crippen molar-refractivity contribution in [3.8, 4) is 0 Å². The van der Waals surface area contributed by atoms with E-state index >= 15 is 0 Å². The Bertz CT molecular complexity index is 539. The van der Waals surface area contributed by atoms with Gasteiger partial charge in [0.1, 0.15) is 0 Å². The molecule has 0 radical (unpaired) electrons. The fourth-order valence-corrected chi connectivity index (χ4v) is 1.58. The van der Waals surface area contributed by atoms with E-state index in [-0.39, 0.29) is 30.9 Å². The normalized spacial score (nSPS) is 10.5. The molecule has 0 aliphatic heterocycles. The number of rotatable bonds is 7. The van der Waals surface area contributed by atoms with Gasteiger partial charge in [0.05, 0.1) is 13.1 Å². The molecule has 6 heteroatoms. The van der Waals surface area contributed by atoms with Crippen molar-refractivity contribution in [2.24, 2.45) is 0 Å². The van der Waals surface area contributed by atoms with E-state index < -0.39 is 5.91 Å². The summed E-state index contributed by atoms with van der Waals surface area (Å²) in [5, 5.41) is 7.52. The highest BCUT2D eigenvalue weighted by Gasteiger charge is 2.07. The Morgan fingerprint density at radius 2 is 1.64 bits per heavy atom. The average molecular weight is 303 g/mol. The van der Waals surface area contributed by atoms with Crippen molar-refractivity contribution in [2.45, 2.75) is 19.9 Å². The van der Waals surface area contributed by atoms with E-state index in [0.29, 0.717) is 0 Å². The molecule has 118 valence electrons. The summed E-state index contributed by atoms with van der Waals surface area (Å²) in [6, 6.07) is 9.37. The summed E-state index contributed by atoms with van der Waals surface area (Å²) in [6.45, 7) is 3.39. The van der Waals surface area contributed by atoms with E-state index in [1.807, 2.05) is 44.2 Å². The fraction of sp³-hybridized carbons (Fsp3) is 0.312. The molecule has 0 unspecified atom stereocenters. The van der Waals surface area contributed by atoms with Crippen LogP contribution in [0.15, 0.2) is 36.4 Å². The van der Waals surface area contributed by atoms with Crippen molar-refractivity contribution < 1.29 is 14.4 Å². The summed E-state index contributed by atoms with van der Waals surface area (Å²) in [7, 11) is 0. The largest absolute Gasteiger partial charge is 0.352 e. The maximum Gasteiger partial charge on any atom is 0.244 e. The Hall–Kier alpha value is -2.63. The molecule has 0 aromatic heterocycles. The molecule has 0 saturated carbocycles. The second kappa shape index (κ2) is 9.33. The molecule has 3 amide bonds. The van der Waals surface area contributed by atoms with E-state index in [0.717, 1.165) is 5.56 Å². The van der Waals surface area contributed by atoms with Gasteiger partial charge >= 0.3 is 0 Å². The SMILES string of the molecule is CC(C)NC(=O)CNC(=O)CNC(=O)/C=C/c1ccccc1. The lowest BCUT2D eigenvalue weighted by Gasteiger charge is -2.09. The molecule has 0 atom stereocenters. The van der Waals surface area contributed by atoms with Crippen LogP contribution in [0, 0.1) is 0 Å². The van der Waals surface area contributed by atoms with Crippen LogP contribution in [0.3, 0.4) is 0 Å². The maximum atomic E-state index is 11.5. The lowest BCUT2D eigenvalue weighted by Crippen LogP contribution is -2.43. The first-order valence-corrected chi connectivity index (χ1v) is 7.04. The van der Waals surface area contributed by atoms with Gasteiger partial charge in [0.15, 0.2) is 0 Å². The first-order chi connectivity index (χ1) is 10.5. The summed E-state index contributed by atoms with van der Waals surface area (Å²) in [5.41, 5.74) is 0.896. The molecule has 6 nitrogen and oxygen atoms in total. The third-order valence-corrected chi connectivity index (χ3v) is 2.55. The van der Waals surface area contributed by atoms with Gasteiger partial charge in [0.25, 0.3) is 0 Å². The number of carbonyl (C=O) groups excluding carboxylic acids is 3. The van der Waals surface area contributed by atoms with Crippen molar-refractivity contribution in [3.05, 3.63) is 42.0 Å². The van der Waals surface area contributed by atoms with Gasteiger partial charge in [-0.15, -0.1) is 0 Å². The smallest absolute Gasteiger partial charge is 0.244 e. The van der Waals surface area contributed by atoms with Crippen LogP contribution in [0.4, 0.5) is 0 Å².